The van der Waals surface area contributed by atoms with Crippen LogP contribution in [0.25, 0.3) is 0 Å². The van der Waals surface area contributed by atoms with Gasteiger partial charge in [0, 0.05) is 43.9 Å². The lowest BCUT2D eigenvalue weighted by Crippen LogP contribution is -2.40. The Labute approximate surface area is 124 Å². The molecule has 6 nitrogen and oxygen atoms in total. The SMILES string of the molecule is CNC(=O)[C@H]1CCC[C@@]12CCN(C(=O)c1cncnc1)C2. The third-order valence-electron chi connectivity index (χ3n) is 4.95. The third kappa shape index (κ3) is 2.39. The molecule has 6 heteroatoms. The molecule has 0 aromatic carbocycles. The summed E-state index contributed by atoms with van der Waals surface area (Å²) in [4.78, 5) is 34.2. The summed E-state index contributed by atoms with van der Waals surface area (Å²) in [5.74, 6) is 0.118. The first-order valence-electron chi connectivity index (χ1n) is 7.42. The summed E-state index contributed by atoms with van der Waals surface area (Å²) in [6.07, 6.45) is 8.44. The quantitative estimate of drug-likeness (QED) is 0.875. The highest BCUT2D eigenvalue weighted by Crippen LogP contribution is 2.49. The Morgan fingerprint density at radius 3 is 2.81 bits per heavy atom. The van der Waals surface area contributed by atoms with E-state index in [-0.39, 0.29) is 23.1 Å². The van der Waals surface area contributed by atoms with E-state index in [4.69, 9.17) is 0 Å². The number of likely N-dealkylation sites (tertiary alicyclic amines) is 1. The topological polar surface area (TPSA) is 75.2 Å². The van der Waals surface area contributed by atoms with Crippen molar-refractivity contribution in [1.29, 1.82) is 0 Å². The van der Waals surface area contributed by atoms with Crippen LogP contribution in [0.1, 0.15) is 36.0 Å². The molecular weight excluding hydrogens is 268 g/mol. The number of hydrogen-bond donors (Lipinski definition) is 1. The van der Waals surface area contributed by atoms with Crippen molar-refractivity contribution in [2.45, 2.75) is 25.7 Å². The molecule has 1 N–H and O–H groups in total. The van der Waals surface area contributed by atoms with Crippen molar-refractivity contribution >= 4 is 11.8 Å². The fourth-order valence-corrected chi connectivity index (χ4v) is 3.87. The number of carbonyl (C=O) groups excluding carboxylic acids is 2. The maximum atomic E-state index is 12.5. The second-order valence-corrected chi connectivity index (χ2v) is 6.03. The first-order valence-corrected chi connectivity index (χ1v) is 7.42. The molecule has 0 unspecified atom stereocenters. The zero-order valence-corrected chi connectivity index (χ0v) is 12.2. The normalized spacial score (nSPS) is 28.0. The molecule has 0 radical (unpaired) electrons. The number of nitrogens with zero attached hydrogens (tertiary/aromatic N) is 3. The molecule has 21 heavy (non-hydrogen) atoms. The van der Waals surface area contributed by atoms with Crippen molar-refractivity contribution in [3.63, 3.8) is 0 Å². The van der Waals surface area contributed by atoms with Gasteiger partial charge in [0.25, 0.3) is 5.91 Å². The predicted molar refractivity (Wildman–Crippen MR) is 76.4 cm³/mol. The van der Waals surface area contributed by atoms with E-state index in [1.165, 1.54) is 6.33 Å². The van der Waals surface area contributed by atoms with Gasteiger partial charge in [-0.25, -0.2) is 9.97 Å². The summed E-state index contributed by atoms with van der Waals surface area (Å²) in [5, 5.41) is 2.77. The lowest BCUT2D eigenvalue weighted by Gasteiger charge is -2.30. The minimum absolute atomic E-state index is 0.0324. The number of amides is 2. The summed E-state index contributed by atoms with van der Waals surface area (Å²) in [5.41, 5.74) is 0.481. The molecular formula is C15H20N4O2. The van der Waals surface area contributed by atoms with Gasteiger partial charge in [0.1, 0.15) is 6.33 Å². The van der Waals surface area contributed by atoms with Crippen LogP contribution in [-0.2, 0) is 4.79 Å². The second-order valence-electron chi connectivity index (χ2n) is 6.03. The molecule has 1 aliphatic heterocycles. The zero-order chi connectivity index (χ0) is 14.9. The fourth-order valence-electron chi connectivity index (χ4n) is 3.87. The van der Waals surface area contributed by atoms with Crippen LogP contribution in [0.15, 0.2) is 18.7 Å². The van der Waals surface area contributed by atoms with E-state index in [0.29, 0.717) is 18.7 Å². The largest absolute Gasteiger partial charge is 0.359 e. The lowest BCUT2D eigenvalue weighted by molar-refractivity contribution is -0.127. The van der Waals surface area contributed by atoms with Crippen LogP contribution >= 0.6 is 0 Å². The highest BCUT2D eigenvalue weighted by Gasteiger charge is 2.51. The maximum Gasteiger partial charge on any atom is 0.257 e. The Morgan fingerprint density at radius 1 is 1.33 bits per heavy atom. The molecule has 2 atom stereocenters. The van der Waals surface area contributed by atoms with Gasteiger partial charge in [-0.05, 0) is 19.3 Å². The van der Waals surface area contributed by atoms with E-state index in [2.05, 4.69) is 15.3 Å². The molecule has 1 spiro atoms. The van der Waals surface area contributed by atoms with Crippen LogP contribution in [0.2, 0.25) is 0 Å². The van der Waals surface area contributed by atoms with Crippen LogP contribution < -0.4 is 5.32 Å². The van der Waals surface area contributed by atoms with Gasteiger partial charge >= 0.3 is 0 Å². The van der Waals surface area contributed by atoms with Crippen LogP contribution in [0, 0.1) is 11.3 Å². The van der Waals surface area contributed by atoms with Gasteiger partial charge in [0.15, 0.2) is 0 Å². The summed E-state index contributed by atoms with van der Waals surface area (Å²) in [6, 6.07) is 0. The van der Waals surface area contributed by atoms with Crippen LogP contribution in [0.3, 0.4) is 0 Å². The summed E-state index contributed by atoms with van der Waals surface area (Å²) in [6.45, 7) is 1.38. The van der Waals surface area contributed by atoms with Crippen molar-refractivity contribution in [2.24, 2.45) is 11.3 Å². The molecule has 2 heterocycles. The number of rotatable bonds is 2. The maximum absolute atomic E-state index is 12.5. The zero-order valence-electron chi connectivity index (χ0n) is 12.2. The monoisotopic (exact) mass is 288 g/mol. The highest BCUT2D eigenvalue weighted by molar-refractivity contribution is 5.94. The Morgan fingerprint density at radius 2 is 2.10 bits per heavy atom. The molecule has 1 saturated heterocycles. The van der Waals surface area contributed by atoms with E-state index >= 15 is 0 Å². The van der Waals surface area contributed by atoms with Crippen LogP contribution in [-0.4, -0.2) is 46.8 Å². The van der Waals surface area contributed by atoms with Crippen molar-refractivity contribution in [3.05, 3.63) is 24.3 Å². The van der Waals surface area contributed by atoms with Crippen molar-refractivity contribution in [2.75, 3.05) is 20.1 Å². The highest BCUT2D eigenvalue weighted by atomic mass is 16.2. The number of carbonyl (C=O) groups is 2. The molecule has 2 fully saturated rings. The summed E-state index contributed by atoms with van der Waals surface area (Å²) >= 11 is 0. The smallest absolute Gasteiger partial charge is 0.257 e. The molecule has 1 aromatic heterocycles. The molecule has 1 saturated carbocycles. The Bertz CT molecular complexity index is 548. The average Bonchev–Trinajstić information content (AvgIpc) is 3.14. The molecule has 3 rings (SSSR count). The molecule has 0 bridgehead atoms. The average molecular weight is 288 g/mol. The van der Waals surface area contributed by atoms with Gasteiger partial charge in [-0.2, -0.15) is 0 Å². The molecule has 2 amide bonds. The van der Waals surface area contributed by atoms with Gasteiger partial charge in [-0.3, -0.25) is 9.59 Å². The minimum Gasteiger partial charge on any atom is -0.359 e. The molecule has 112 valence electrons. The van der Waals surface area contributed by atoms with Crippen molar-refractivity contribution in [1.82, 2.24) is 20.2 Å². The molecule has 1 aliphatic carbocycles. The predicted octanol–water partition coefficient (Wildman–Crippen LogP) is 0.855. The number of hydrogen-bond acceptors (Lipinski definition) is 4. The second kappa shape index (κ2) is 5.42. The summed E-state index contributed by atoms with van der Waals surface area (Å²) in [7, 11) is 1.69. The van der Waals surface area contributed by atoms with Gasteiger partial charge in [-0.15, -0.1) is 0 Å². The van der Waals surface area contributed by atoms with E-state index < -0.39 is 0 Å². The van der Waals surface area contributed by atoms with Gasteiger partial charge in [-0.1, -0.05) is 6.42 Å². The van der Waals surface area contributed by atoms with Gasteiger partial charge in [0.05, 0.1) is 5.56 Å². The van der Waals surface area contributed by atoms with E-state index in [0.717, 1.165) is 25.7 Å². The first kappa shape index (κ1) is 14.0. The fraction of sp³-hybridized carbons (Fsp3) is 0.600. The molecule has 1 aromatic rings. The van der Waals surface area contributed by atoms with Gasteiger partial charge in [0.2, 0.25) is 5.91 Å². The van der Waals surface area contributed by atoms with E-state index in [1.54, 1.807) is 19.4 Å². The Balaban J connectivity index is 1.76. The van der Waals surface area contributed by atoms with Crippen molar-refractivity contribution < 1.29 is 9.59 Å². The van der Waals surface area contributed by atoms with Crippen LogP contribution in [0.5, 0.6) is 0 Å². The standard InChI is InChI=1S/C15H20N4O2/c1-16-13(20)12-3-2-4-15(12)5-6-19(9-15)14(21)11-7-17-10-18-8-11/h7-8,10,12H,2-6,9H2,1H3,(H,16,20)/t12-,15+/m1/s1. The Hall–Kier alpha value is -1.98. The van der Waals surface area contributed by atoms with Crippen LogP contribution in [0.4, 0.5) is 0 Å². The van der Waals surface area contributed by atoms with Crippen molar-refractivity contribution in [3.8, 4) is 0 Å². The number of aromatic nitrogens is 2. The Kier molecular flexibility index (Phi) is 3.61. The summed E-state index contributed by atoms with van der Waals surface area (Å²) < 4.78 is 0. The number of nitrogens with one attached hydrogen (secondary N) is 1. The lowest BCUT2D eigenvalue weighted by atomic mass is 9.76. The van der Waals surface area contributed by atoms with Gasteiger partial charge < -0.3 is 10.2 Å². The van der Waals surface area contributed by atoms with E-state index in [1.807, 2.05) is 4.90 Å². The molecule has 2 aliphatic rings. The first-order chi connectivity index (χ1) is 10.2. The third-order valence-corrected chi connectivity index (χ3v) is 4.95. The van der Waals surface area contributed by atoms with E-state index in [9.17, 15) is 9.59 Å². The minimum atomic E-state index is -0.0363.